The second kappa shape index (κ2) is 5.26. The van der Waals surface area contributed by atoms with Crippen LogP contribution >= 0.6 is 0 Å². The largest absolute Gasteiger partial charge is 0.259 e. The second-order valence-electron chi connectivity index (χ2n) is 3.39. The van der Waals surface area contributed by atoms with Crippen LogP contribution in [0.2, 0.25) is 0 Å². The van der Waals surface area contributed by atoms with Gasteiger partial charge in [0.05, 0.1) is 5.75 Å². The Balaban J connectivity index is 3.64. The maximum atomic E-state index is 13.2. The smallest absolute Gasteiger partial charge is 0.211 e. The zero-order chi connectivity index (χ0) is 15.9. The maximum Gasteiger partial charge on any atom is 0.259 e. The van der Waals surface area contributed by atoms with Crippen molar-refractivity contribution in [2.45, 2.75) is 11.8 Å². The zero-order valence-corrected chi connectivity index (χ0v) is 11.2. The molecular weight excluding hydrogens is 333 g/mol. The summed E-state index contributed by atoms with van der Waals surface area (Å²) < 4.78 is 111. The van der Waals surface area contributed by atoms with E-state index in [1.807, 2.05) is 0 Å². The summed E-state index contributed by atoms with van der Waals surface area (Å²) in [6.07, 6.45) is 0. The Morgan fingerprint density at radius 3 is 1.50 bits per heavy atom. The van der Waals surface area contributed by atoms with Crippen LogP contribution < -0.4 is 4.13 Å². The third-order valence-corrected chi connectivity index (χ3v) is 5.60. The molecule has 1 aromatic rings. The van der Waals surface area contributed by atoms with Crippen LogP contribution in [0, 0.1) is 29.1 Å². The highest BCUT2D eigenvalue weighted by Gasteiger charge is 2.35. The molecule has 0 bridgehead atoms. The van der Waals surface area contributed by atoms with Gasteiger partial charge in [-0.15, -0.1) is 4.13 Å². The van der Waals surface area contributed by atoms with Crippen LogP contribution in [-0.2, 0) is 20.0 Å². The van der Waals surface area contributed by atoms with Crippen molar-refractivity contribution in [2.24, 2.45) is 0 Å². The molecule has 0 amide bonds. The Labute approximate surface area is 110 Å². The molecule has 0 saturated carbocycles. The first-order valence-electron chi connectivity index (χ1n) is 4.72. The van der Waals surface area contributed by atoms with Gasteiger partial charge in [-0.1, -0.05) is 0 Å². The molecule has 0 saturated heterocycles. The summed E-state index contributed by atoms with van der Waals surface area (Å²) in [5, 5.41) is 0. The van der Waals surface area contributed by atoms with E-state index in [-0.39, 0.29) is 0 Å². The molecule has 0 aliphatic rings. The maximum absolute atomic E-state index is 13.2. The summed E-state index contributed by atoms with van der Waals surface area (Å²) in [5.41, 5.74) is 0. The fourth-order valence-electron chi connectivity index (χ4n) is 1.09. The SMILES string of the molecule is CCS(=O)(=O)NS(=O)(=O)c1c(F)c(F)c(F)c(F)c1F. The molecule has 1 N–H and O–H groups in total. The molecule has 0 heterocycles. The van der Waals surface area contributed by atoms with Crippen molar-refractivity contribution in [1.29, 1.82) is 0 Å². The lowest BCUT2D eigenvalue weighted by Crippen LogP contribution is -2.33. The van der Waals surface area contributed by atoms with Gasteiger partial charge >= 0.3 is 0 Å². The van der Waals surface area contributed by atoms with E-state index in [2.05, 4.69) is 0 Å². The van der Waals surface area contributed by atoms with Gasteiger partial charge in [-0.2, -0.15) is 0 Å². The molecular formula is C8H6F5NO4S2. The number of hydrogen-bond donors (Lipinski definition) is 1. The van der Waals surface area contributed by atoms with Gasteiger partial charge in [0.1, 0.15) is 0 Å². The standard InChI is InChI=1S/C8H6F5NO4S2/c1-2-19(15,16)14-20(17,18)8-6(12)4(10)3(9)5(11)7(8)13/h14H,2H2,1H3. The molecule has 0 atom stereocenters. The topological polar surface area (TPSA) is 80.3 Å². The number of nitrogens with one attached hydrogen (secondary N) is 1. The van der Waals surface area contributed by atoms with E-state index >= 15 is 0 Å². The summed E-state index contributed by atoms with van der Waals surface area (Å²) in [5.74, 6) is -13.7. The first-order chi connectivity index (χ1) is 8.94. The van der Waals surface area contributed by atoms with Crippen molar-refractivity contribution >= 4 is 20.0 Å². The monoisotopic (exact) mass is 339 g/mol. The Kier molecular flexibility index (Phi) is 4.41. The minimum absolute atomic E-state index is 0.790. The summed E-state index contributed by atoms with van der Waals surface area (Å²) in [6.45, 7) is 0.996. The fraction of sp³-hybridized carbons (Fsp3) is 0.250. The van der Waals surface area contributed by atoms with Gasteiger partial charge in [-0.05, 0) is 6.92 Å². The molecule has 0 radical (unpaired) electrons. The summed E-state index contributed by atoms with van der Waals surface area (Å²) in [4.78, 5) is -2.26. The Bertz CT molecular complexity index is 731. The molecule has 5 nitrogen and oxygen atoms in total. The lowest BCUT2D eigenvalue weighted by Gasteiger charge is -2.10. The first-order valence-corrected chi connectivity index (χ1v) is 7.86. The normalized spacial score (nSPS) is 12.7. The van der Waals surface area contributed by atoms with Gasteiger partial charge < -0.3 is 0 Å². The third-order valence-electron chi connectivity index (χ3n) is 2.05. The van der Waals surface area contributed by atoms with Gasteiger partial charge in [0.2, 0.25) is 15.8 Å². The highest BCUT2D eigenvalue weighted by molar-refractivity contribution is 8.04. The minimum atomic E-state index is -5.49. The van der Waals surface area contributed by atoms with Gasteiger partial charge in [0.25, 0.3) is 10.0 Å². The quantitative estimate of drug-likeness (QED) is 0.504. The Hall–Kier alpha value is -1.27. The molecule has 0 unspecified atom stereocenters. The van der Waals surface area contributed by atoms with Crippen molar-refractivity contribution < 1.29 is 38.8 Å². The molecule has 0 aliphatic heterocycles. The van der Waals surface area contributed by atoms with Gasteiger partial charge in [0, 0.05) is 0 Å². The van der Waals surface area contributed by atoms with Gasteiger partial charge in [-0.25, -0.2) is 38.8 Å². The van der Waals surface area contributed by atoms with Crippen molar-refractivity contribution in [2.75, 3.05) is 5.75 Å². The highest BCUT2D eigenvalue weighted by Crippen LogP contribution is 2.26. The average molecular weight is 339 g/mol. The van der Waals surface area contributed by atoms with Crippen LogP contribution in [0.1, 0.15) is 6.92 Å². The van der Waals surface area contributed by atoms with E-state index in [1.54, 1.807) is 0 Å². The van der Waals surface area contributed by atoms with Crippen LogP contribution in [0.25, 0.3) is 0 Å². The molecule has 1 rings (SSSR count). The number of benzene rings is 1. The van der Waals surface area contributed by atoms with Crippen molar-refractivity contribution in [3.8, 4) is 0 Å². The number of sulfonamides is 2. The Morgan fingerprint density at radius 2 is 1.15 bits per heavy atom. The van der Waals surface area contributed by atoms with E-state index in [0.29, 0.717) is 0 Å². The van der Waals surface area contributed by atoms with E-state index < -0.39 is 59.8 Å². The minimum Gasteiger partial charge on any atom is -0.211 e. The average Bonchev–Trinajstić information content (AvgIpc) is 2.32. The van der Waals surface area contributed by atoms with Crippen LogP contribution in [0.15, 0.2) is 4.90 Å². The highest BCUT2D eigenvalue weighted by atomic mass is 32.3. The second-order valence-corrected chi connectivity index (χ2v) is 7.28. The van der Waals surface area contributed by atoms with E-state index in [4.69, 9.17) is 0 Å². The lowest BCUT2D eigenvalue weighted by molar-refractivity contribution is 0.357. The lowest BCUT2D eigenvalue weighted by atomic mass is 10.3. The molecule has 0 fully saturated rings. The first kappa shape index (κ1) is 16.8. The Morgan fingerprint density at radius 1 is 0.800 bits per heavy atom. The van der Waals surface area contributed by atoms with Crippen LogP contribution in [-0.4, -0.2) is 22.6 Å². The molecule has 1 aromatic carbocycles. The number of halogens is 5. The molecule has 0 spiro atoms. The van der Waals surface area contributed by atoms with E-state index in [0.717, 1.165) is 11.1 Å². The van der Waals surface area contributed by atoms with Crippen molar-refractivity contribution in [3.05, 3.63) is 29.1 Å². The van der Waals surface area contributed by atoms with Crippen LogP contribution in [0.3, 0.4) is 0 Å². The van der Waals surface area contributed by atoms with Crippen LogP contribution in [0.4, 0.5) is 22.0 Å². The molecule has 12 heteroatoms. The van der Waals surface area contributed by atoms with Gasteiger partial charge in [0.15, 0.2) is 28.2 Å². The van der Waals surface area contributed by atoms with Crippen molar-refractivity contribution in [3.63, 3.8) is 0 Å². The summed E-state index contributed by atoms with van der Waals surface area (Å²) >= 11 is 0. The zero-order valence-electron chi connectivity index (χ0n) is 9.55. The molecule has 20 heavy (non-hydrogen) atoms. The number of hydrogen-bond acceptors (Lipinski definition) is 4. The predicted molar refractivity (Wildman–Crippen MR) is 56.0 cm³/mol. The summed E-state index contributed by atoms with van der Waals surface area (Å²) in [7, 11) is -9.99. The fourth-order valence-corrected chi connectivity index (χ4v) is 3.88. The number of rotatable bonds is 4. The molecule has 114 valence electrons. The third kappa shape index (κ3) is 2.91. The molecule has 0 aromatic heterocycles. The van der Waals surface area contributed by atoms with Gasteiger partial charge in [-0.3, -0.25) is 0 Å². The predicted octanol–water partition coefficient (Wildman–Crippen LogP) is 1.01. The van der Waals surface area contributed by atoms with Crippen molar-refractivity contribution in [1.82, 2.24) is 4.13 Å². The molecule has 0 aliphatic carbocycles. The van der Waals surface area contributed by atoms with Crippen LogP contribution in [0.5, 0.6) is 0 Å². The van der Waals surface area contributed by atoms with E-state index in [1.165, 1.54) is 0 Å². The summed E-state index contributed by atoms with van der Waals surface area (Å²) in [6, 6.07) is 0. The van der Waals surface area contributed by atoms with E-state index in [9.17, 15) is 38.8 Å².